The number of ether oxygens (including phenoxy) is 1. The molecule has 0 aliphatic rings. The van der Waals surface area contributed by atoms with E-state index in [0.717, 1.165) is 55.6 Å². The van der Waals surface area contributed by atoms with Crippen molar-refractivity contribution in [3.8, 4) is 39.5 Å². The van der Waals surface area contributed by atoms with Gasteiger partial charge in [0, 0.05) is 46.6 Å². The number of aromatic amines is 2. The number of aromatic nitrogens is 6. The van der Waals surface area contributed by atoms with Crippen LogP contribution in [0.15, 0.2) is 67.4 Å². The van der Waals surface area contributed by atoms with Crippen LogP contribution >= 0.6 is 0 Å². The molecule has 0 atom stereocenters. The zero-order chi connectivity index (χ0) is 23.2. The van der Waals surface area contributed by atoms with E-state index in [4.69, 9.17) is 4.74 Å². The molecule has 0 fully saturated rings. The Morgan fingerprint density at radius 1 is 0.882 bits per heavy atom. The van der Waals surface area contributed by atoms with Crippen molar-refractivity contribution in [1.29, 1.82) is 0 Å². The van der Waals surface area contributed by atoms with E-state index in [2.05, 4.69) is 30.1 Å². The van der Waals surface area contributed by atoms with Gasteiger partial charge in [0.05, 0.1) is 41.9 Å². The predicted molar refractivity (Wildman–Crippen MR) is 129 cm³/mol. The number of halogens is 1. The van der Waals surface area contributed by atoms with Crippen LogP contribution in [0.25, 0.3) is 55.6 Å². The van der Waals surface area contributed by atoms with Crippen LogP contribution in [0.5, 0.6) is 5.75 Å². The van der Waals surface area contributed by atoms with Crippen molar-refractivity contribution in [3.63, 3.8) is 0 Å². The van der Waals surface area contributed by atoms with Crippen LogP contribution in [0, 0.1) is 12.7 Å². The van der Waals surface area contributed by atoms with Crippen LogP contribution in [0.4, 0.5) is 4.39 Å². The summed E-state index contributed by atoms with van der Waals surface area (Å²) in [5.74, 6) is 0.0814. The number of nitrogens with zero attached hydrogens (tertiary/aromatic N) is 4. The van der Waals surface area contributed by atoms with Gasteiger partial charge in [0.1, 0.15) is 17.3 Å². The van der Waals surface area contributed by atoms with Gasteiger partial charge in [-0.05, 0) is 48.4 Å². The first-order valence-corrected chi connectivity index (χ1v) is 10.7. The van der Waals surface area contributed by atoms with Crippen molar-refractivity contribution in [2.75, 3.05) is 7.11 Å². The molecule has 8 heteroatoms. The van der Waals surface area contributed by atoms with Crippen molar-refractivity contribution < 1.29 is 9.13 Å². The van der Waals surface area contributed by atoms with Gasteiger partial charge in [-0.3, -0.25) is 20.1 Å². The Kier molecular flexibility index (Phi) is 4.58. The molecule has 0 saturated heterocycles. The van der Waals surface area contributed by atoms with E-state index in [1.807, 2.05) is 31.3 Å². The number of pyridine rings is 3. The van der Waals surface area contributed by atoms with Crippen molar-refractivity contribution in [2.24, 2.45) is 0 Å². The molecule has 166 valence electrons. The quantitative estimate of drug-likeness (QED) is 0.360. The number of rotatable bonds is 4. The molecule has 0 saturated carbocycles. The first-order valence-electron chi connectivity index (χ1n) is 10.7. The third-order valence-electron chi connectivity index (χ3n) is 5.98. The Balaban J connectivity index is 1.51. The zero-order valence-corrected chi connectivity index (χ0v) is 18.4. The van der Waals surface area contributed by atoms with E-state index in [1.54, 1.807) is 30.9 Å². The Morgan fingerprint density at radius 3 is 2.62 bits per heavy atom. The van der Waals surface area contributed by atoms with Gasteiger partial charge >= 0.3 is 0 Å². The highest BCUT2D eigenvalue weighted by Crippen LogP contribution is 2.35. The average Bonchev–Trinajstić information content (AvgIpc) is 3.47. The number of aryl methyl sites for hydroxylation is 1. The van der Waals surface area contributed by atoms with Gasteiger partial charge in [-0.1, -0.05) is 0 Å². The van der Waals surface area contributed by atoms with Gasteiger partial charge in [-0.25, -0.2) is 4.39 Å². The summed E-state index contributed by atoms with van der Waals surface area (Å²) in [5.41, 5.74) is 7.61. The highest BCUT2D eigenvalue weighted by molar-refractivity contribution is 6.01. The number of hydrogen-bond donors (Lipinski definition) is 2. The number of hydrogen-bond acceptors (Lipinski definition) is 5. The summed E-state index contributed by atoms with van der Waals surface area (Å²) in [7, 11) is 1.52. The Labute approximate surface area is 193 Å². The van der Waals surface area contributed by atoms with Crippen molar-refractivity contribution in [1.82, 2.24) is 30.1 Å². The first kappa shape index (κ1) is 20.0. The molecule has 5 heterocycles. The topological polar surface area (TPSA) is 92.4 Å². The lowest BCUT2D eigenvalue weighted by Crippen LogP contribution is -1.88. The molecule has 5 aromatic heterocycles. The first-order chi connectivity index (χ1) is 16.6. The molecule has 1 aromatic carbocycles. The summed E-state index contributed by atoms with van der Waals surface area (Å²) in [6, 6.07) is 10.6. The molecule has 7 nitrogen and oxygen atoms in total. The fourth-order valence-electron chi connectivity index (χ4n) is 4.25. The molecular formula is C26H19FN6O. The van der Waals surface area contributed by atoms with Crippen LogP contribution in [0.2, 0.25) is 0 Å². The predicted octanol–water partition coefficient (Wildman–Crippen LogP) is 5.69. The largest absolute Gasteiger partial charge is 0.497 e. The van der Waals surface area contributed by atoms with Gasteiger partial charge < -0.3 is 9.72 Å². The lowest BCUT2D eigenvalue weighted by atomic mass is 10.0. The summed E-state index contributed by atoms with van der Waals surface area (Å²) in [5, 5.41) is 9.45. The van der Waals surface area contributed by atoms with Gasteiger partial charge in [0.15, 0.2) is 0 Å². The Bertz CT molecular complexity index is 1690. The molecule has 34 heavy (non-hydrogen) atoms. The standard InChI is InChI=1S/C26H19FN6O/c1-14-3-4-28-10-20(14)22-9-19-25(13-30-22)32-33-26(19)23-8-18-21(11-29-12-24(18)31-23)15-5-16(27)7-17(6-15)34-2/h3-13,31H,1-2H3,(H,32,33). The number of H-pyrrole nitrogens is 2. The van der Waals surface area contributed by atoms with Gasteiger partial charge in [0.25, 0.3) is 0 Å². The molecule has 6 aromatic rings. The lowest BCUT2D eigenvalue weighted by molar-refractivity contribution is 0.411. The van der Waals surface area contributed by atoms with E-state index in [0.29, 0.717) is 11.3 Å². The zero-order valence-electron chi connectivity index (χ0n) is 18.4. The molecule has 0 unspecified atom stereocenters. The maximum absolute atomic E-state index is 14.2. The second-order valence-corrected chi connectivity index (χ2v) is 8.09. The van der Waals surface area contributed by atoms with Crippen LogP contribution in [0.3, 0.4) is 0 Å². The molecule has 0 aliphatic heterocycles. The fraction of sp³-hybridized carbons (Fsp3) is 0.0769. The number of methoxy groups -OCH3 is 1. The highest BCUT2D eigenvalue weighted by Gasteiger charge is 2.16. The van der Waals surface area contributed by atoms with E-state index >= 15 is 0 Å². The lowest BCUT2D eigenvalue weighted by Gasteiger charge is -2.06. The number of fused-ring (bicyclic) bond motifs is 2. The van der Waals surface area contributed by atoms with E-state index in [9.17, 15) is 4.39 Å². The molecular weight excluding hydrogens is 431 g/mol. The maximum Gasteiger partial charge on any atom is 0.127 e. The number of nitrogens with one attached hydrogen (secondary N) is 2. The average molecular weight is 450 g/mol. The van der Waals surface area contributed by atoms with Crippen LogP contribution in [-0.2, 0) is 0 Å². The minimum Gasteiger partial charge on any atom is -0.497 e. The van der Waals surface area contributed by atoms with Gasteiger partial charge in [-0.2, -0.15) is 5.10 Å². The van der Waals surface area contributed by atoms with Crippen LogP contribution < -0.4 is 4.74 Å². The van der Waals surface area contributed by atoms with Crippen LogP contribution in [-0.4, -0.2) is 37.2 Å². The summed E-state index contributed by atoms with van der Waals surface area (Å²) in [6.07, 6.45) is 8.84. The number of benzene rings is 1. The second-order valence-electron chi connectivity index (χ2n) is 8.09. The summed E-state index contributed by atoms with van der Waals surface area (Å²) >= 11 is 0. The van der Waals surface area contributed by atoms with Crippen molar-refractivity contribution >= 4 is 21.8 Å². The Hall–Kier alpha value is -4.59. The highest BCUT2D eigenvalue weighted by atomic mass is 19.1. The molecule has 0 bridgehead atoms. The third kappa shape index (κ3) is 3.27. The van der Waals surface area contributed by atoms with Crippen LogP contribution in [0.1, 0.15) is 5.56 Å². The normalized spacial score (nSPS) is 11.4. The Morgan fingerprint density at radius 2 is 1.76 bits per heavy atom. The third-order valence-corrected chi connectivity index (χ3v) is 5.98. The summed E-state index contributed by atoms with van der Waals surface area (Å²) < 4.78 is 19.4. The smallest absolute Gasteiger partial charge is 0.127 e. The van der Waals surface area contributed by atoms with Crippen molar-refractivity contribution in [3.05, 3.63) is 78.8 Å². The van der Waals surface area contributed by atoms with Crippen molar-refractivity contribution in [2.45, 2.75) is 6.92 Å². The molecule has 0 aliphatic carbocycles. The summed E-state index contributed by atoms with van der Waals surface area (Å²) in [4.78, 5) is 16.6. The molecule has 0 spiro atoms. The van der Waals surface area contributed by atoms with E-state index < -0.39 is 0 Å². The van der Waals surface area contributed by atoms with Gasteiger partial charge in [-0.15, -0.1) is 0 Å². The van der Waals surface area contributed by atoms with E-state index in [-0.39, 0.29) is 5.82 Å². The van der Waals surface area contributed by atoms with E-state index in [1.165, 1.54) is 19.2 Å². The molecule has 6 rings (SSSR count). The minimum absolute atomic E-state index is 0.369. The maximum atomic E-state index is 14.2. The summed E-state index contributed by atoms with van der Waals surface area (Å²) in [6.45, 7) is 2.03. The minimum atomic E-state index is -0.369. The fourth-order valence-corrected chi connectivity index (χ4v) is 4.25. The monoisotopic (exact) mass is 450 g/mol. The molecule has 0 amide bonds. The SMILES string of the molecule is COc1cc(F)cc(-c2cncc3[nH]c(-c4n[nH]c5cnc(-c6cnccc6C)cc45)cc23)c1. The molecule has 2 N–H and O–H groups in total. The second kappa shape index (κ2) is 7.77. The van der Waals surface area contributed by atoms with Gasteiger partial charge in [0.2, 0.25) is 0 Å². The molecule has 0 radical (unpaired) electrons.